The topological polar surface area (TPSA) is 76.0 Å². The van der Waals surface area contributed by atoms with E-state index < -0.39 is 12.1 Å². The van der Waals surface area contributed by atoms with Gasteiger partial charge in [-0.25, -0.2) is 4.79 Å². The first-order valence-electron chi connectivity index (χ1n) is 8.03. The van der Waals surface area contributed by atoms with Crippen LogP contribution in [0.3, 0.4) is 0 Å². The van der Waals surface area contributed by atoms with Gasteiger partial charge in [-0.3, -0.25) is 0 Å². The van der Waals surface area contributed by atoms with Crippen LogP contribution in [-0.2, 0) is 15.9 Å². The highest BCUT2D eigenvalue weighted by molar-refractivity contribution is 5.94. The van der Waals surface area contributed by atoms with E-state index in [2.05, 4.69) is 6.58 Å². The number of fused-ring (bicyclic) bond motifs is 3. The Kier molecular flexibility index (Phi) is 4.68. The zero-order valence-electron chi connectivity index (χ0n) is 13.0. The van der Waals surface area contributed by atoms with Gasteiger partial charge in [0.15, 0.2) is 0 Å². The Morgan fingerprint density at radius 3 is 2.83 bits per heavy atom. The number of hydrogen-bond donors (Lipinski definition) is 2. The fourth-order valence-corrected chi connectivity index (χ4v) is 3.49. The summed E-state index contributed by atoms with van der Waals surface area (Å²) in [6, 6.07) is 4.97. The zero-order chi connectivity index (χ0) is 16.4. The second-order valence-corrected chi connectivity index (χ2v) is 6.31. The van der Waals surface area contributed by atoms with Crippen LogP contribution in [0.5, 0.6) is 5.75 Å². The normalized spacial score (nSPS) is 30.9. The summed E-state index contributed by atoms with van der Waals surface area (Å²) in [6.45, 7) is 3.70. The molecule has 0 aromatic heterocycles. The van der Waals surface area contributed by atoms with Gasteiger partial charge in [0.05, 0.1) is 18.3 Å². The summed E-state index contributed by atoms with van der Waals surface area (Å²) in [5.41, 5.74) is 0.885. The minimum Gasteiger partial charge on any atom is -0.507 e. The summed E-state index contributed by atoms with van der Waals surface area (Å²) in [5, 5.41) is 20.2. The molecule has 2 bridgehead atoms. The molecule has 2 heterocycles. The molecule has 0 radical (unpaired) electrons. The van der Waals surface area contributed by atoms with Crippen LogP contribution in [0.25, 0.3) is 0 Å². The summed E-state index contributed by atoms with van der Waals surface area (Å²) >= 11 is 0. The Labute approximate surface area is 135 Å². The predicted molar refractivity (Wildman–Crippen MR) is 84.3 cm³/mol. The number of carbonyl (C=O) groups is 1. The lowest BCUT2D eigenvalue weighted by Crippen LogP contribution is -2.40. The molecular formula is C18H22O5. The minimum absolute atomic E-state index is 0.0849. The first-order valence-corrected chi connectivity index (χ1v) is 8.03. The SMILES string of the molecule is C=CC[C@H]1C[C@H]2C[C@@H](O)C[C@H](Cc3cccc(O)c3C(=O)O1)O2. The maximum atomic E-state index is 12.5. The molecule has 0 saturated carbocycles. The minimum atomic E-state index is -0.509. The number of aliphatic hydroxyl groups excluding tert-OH is 1. The first-order chi connectivity index (χ1) is 11.1. The van der Waals surface area contributed by atoms with Crippen molar-refractivity contribution in [2.75, 3.05) is 0 Å². The highest BCUT2D eigenvalue weighted by Gasteiger charge is 2.34. The van der Waals surface area contributed by atoms with Crippen molar-refractivity contribution in [2.24, 2.45) is 0 Å². The molecule has 4 atom stereocenters. The third-order valence-electron chi connectivity index (χ3n) is 4.46. The third-order valence-corrected chi connectivity index (χ3v) is 4.46. The number of phenolic OH excluding ortho intramolecular Hbond substituents is 1. The molecular weight excluding hydrogens is 296 g/mol. The van der Waals surface area contributed by atoms with E-state index in [0.29, 0.717) is 37.7 Å². The van der Waals surface area contributed by atoms with E-state index in [1.54, 1.807) is 18.2 Å². The monoisotopic (exact) mass is 318 g/mol. The quantitative estimate of drug-likeness (QED) is 0.646. The van der Waals surface area contributed by atoms with Crippen LogP contribution in [-0.4, -0.2) is 40.6 Å². The number of esters is 1. The van der Waals surface area contributed by atoms with Crippen LogP contribution in [0.15, 0.2) is 30.9 Å². The number of hydrogen-bond acceptors (Lipinski definition) is 5. The summed E-state index contributed by atoms with van der Waals surface area (Å²) in [6.07, 6.45) is 3.19. The van der Waals surface area contributed by atoms with Crippen LogP contribution in [0.2, 0.25) is 0 Å². The zero-order valence-corrected chi connectivity index (χ0v) is 13.0. The Morgan fingerprint density at radius 1 is 1.26 bits per heavy atom. The molecule has 2 N–H and O–H groups in total. The highest BCUT2D eigenvalue weighted by atomic mass is 16.5. The Hall–Kier alpha value is -1.85. The number of cyclic esters (lactones) is 1. The van der Waals surface area contributed by atoms with Crippen LogP contribution >= 0.6 is 0 Å². The van der Waals surface area contributed by atoms with E-state index in [1.807, 2.05) is 0 Å². The molecule has 2 aliphatic heterocycles. The van der Waals surface area contributed by atoms with Crippen molar-refractivity contribution in [1.82, 2.24) is 0 Å². The van der Waals surface area contributed by atoms with E-state index in [0.717, 1.165) is 0 Å². The van der Waals surface area contributed by atoms with Gasteiger partial charge in [0.2, 0.25) is 0 Å². The van der Waals surface area contributed by atoms with Gasteiger partial charge < -0.3 is 19.7 Å². The summed E-state index contributed by atoms with van der Waals surface area (Å²) in [5.74, 6) is -0.594. The summed E-state index contributed by atoms with van der Waals surface area (Å²) in [7, 11) is 0. The number of aromatic hydroxyl groups is 1. The van der Waals surface area contributed by atoms with Crippen molar-refractivity contribution in [2.45, 2.75) is 56.5 Å². The predicted octanol–water partition coefficient (Wildman–Crippen LogP) is 2.35. The van der Waals surface area contributed by atoms with E-state index in [4.69, 9.17) is 9.47 Å². The molecule has 0 spiro atoms. The van der Waals surface area contributed by atoms with E-state index in [1.165, 1.54) is 6.07 Å². The van der Waals surface area contributed by atoms with Crippen molar-refractivity contribution in [3.63, 3.8) is 0 Å². The van der Waals surface area contributed by atoms with Crippen molar-refractivity contribution in [3.8, 4) is 5.75 Å². The molecule has 23 heavy (non-hydrogen) atoms. The fourth-order valence-electron chi connectivity index (χ4n) is 3.49. The largest absolute Gasteiger partial charge is 0.507 e. The molecule has 5 heteroatoms. The number of phenols is 1. The molecule has 1 fully saturated rings. The number of carbonyl (C=O) groups excluding carboxylic acids is 1. The molecule has 3 rings (SSSR count). The van der Waals surface area contributed by atoms with Crippen LogP contribution in [0.1, 0.15) is 41.6 Å². The van der Waals surface area contributed by atoms with Gasteiger partial charge in [0.1, 0.15) is 17.4 Å². The van der Waals surface area contributed by atoms with Gasteiger partial charge in [0.25, 0.3) is 0 Å². The lowest BCUT2D eigenvalue weighted by molar-refractivity contribution is -0.109. The van der Waals surface area contributed by atoms with Crippen LogP contribution in [0.4, 0.5) is 0 Å². The van der Waals surface area contributed by atoms with Crippen LogP contribution in [0, 0.1) is 0 Å². The average molecular weight is 318 g/mol. The van der Waals surface area contributed by atoms with Crippen LogP contribution < -0.4 is 0 Å². The summed E-state index contributed by atoms with van der Waals surface area (Å²) in [4.78, 5) is 12.5. The summed E-state index contributed by atoms with van der Waals surface area (Å²) < 4.78 is 11.6. The molecule has 124 valence electrons. The molecule has 1 aromatic rings. The van der Waals surface area contributed by atoms with Gasteiger partial charge in [-0.05, 0) is 30.9 Å². The molecule has 0 amide bonds. The van der Waals surface area contributed by atoms with Gasteiger partial charge in [-0.2, -0.15) is 0 Å². The van der Waals surface area contributed by atoms with Crippen molar-refractivity contribution >= 4 is 5.97 Å². The molecule has 0 aliphatic carbocycles. The Bertz CT molecular complexity index is 597. The average Bonchev–Trinajstić information content (AvgIpc) is 2.46. The standard InChI is InChI=1S/C18H22O5/c1-2-4-13-10-15-9-12(19)8-14(22-15)7-11-5-3-6-16(20)17(11)18(21)23-13/h2-3,5-6,12-15,19-20H,1,4,7-10H2/t12-,13-,14-,15+/m0/s1. The fraction of sp³-hybridized carbons (Fsp3) is 0.500. The van der Waals surface area contributed by atoms with E-state index in [-0.39, 0.29) is 29.6 Å². The Balaban J connectivity index is 1.98. The Morgan fingerprint density at radius 2 is 2.04 bits per heavy atom. The van der Waals surface area contributed by atoms with Crippen molar-refractivity contribution in [1.29, 1.82) is 0 Å². The molecule has 5 nitrogen and oxygen atoms in total. The van der Waals surface area contributed by atoms with Gasteiger partial charge in [0, 0.05) is 12.8 Å². The van der Waals surface area contributed by atoms with Gasteiger partial charge >= 0.3 is 5.97 Å². The maximum absolute atomic E-state index is 12.5. The molecule has 1 saturated heterocycles. The highest BCUT2D eigenvalue weighted by Crippen LogP contribution is 2.31. The smallest absolute Gasteiger partial charge is 0.342 e. The number of aliphatic hydroxyl groups is 1. The first kappa shape index (κ1) is 16.0. The maximum Gasteiger partial charge on any atom is 0.342 e. The lowest BCUT2D eigenvalue weighted by Gasteiger charge is -2.36. The number of benzene rings is 1. The third kappa shape index (κ3) is 3.57. The number of rotatable bonds is 2. The van der Waals surface area contributed by atoms with E-state index in [9.17, 15) is 15.0 Å². The van der Waals surface area contributed by atoms with Gasteiger partial charge in [-0.1, -0.05) is 18.2 Å². The second-order valence-electron chi connectivity index (χ2n) is 6.31. The van der Waals surface area contributed by atoms with Gasteiger partial charge in [-0.15, -0.1) is 6.58 Å². The van der Waals surface area contributed by atoms with E-state index >= 15 is 0 Å². The molecule has 1 aromatic carbocycles. The molecule has 2 aliphatic rings. The van der Waals surface area contributed by atoms with Crippen molar-refractivity contribution < 1.29 is 24.5 Å². The number of ether oxygens (including phenoxy) is 2. The van der Waals surface area contributed by atoms with Crippen molar-refractivity contribution in [3.05, 3.63) is 42.0 Å². The lowest BCUT2D eigenvalue weighted by atomic mass is 9.91. The molecule has 0 unspecified atom stereocenters. The second kappa shape index (κ2) is 6.72.